The predicted molar refractivity (Wildman–Crippen MR) is 116 cm³/mol. The van der Waals surface area contributed by atoms with Gasteiger partial charge in [0.2, 0.25) is 0 Å². The molecule has 0 saturated heterocycles. The van der Waals surface area contributed by atoms with E-state index in [1.165, 1.54) is 0 Å². The molecule has 0 radical (unpaired) electrons. The third-order valence-corrected chi connectivity index (χ3v) is 4.77. The first-order valence-electron chi connectivity index (χ1n) is 9.52. The maximum absolute atomic E-state index is 4.72. The fourth-order valence-electron chi connectivity index (χ4n) is 3.32. The molecule has 9 nitrogen and oxygen atoms in total. The number of aromatic nitrogens is 7. The third-order valence-electron chi connectivity index (χ3n) is 4.77. The Balaban J connectivity index is 1.62. The predicted octanol–water partition coefficient (Wildman–Crippen LogP) is 3.44. The summed E-state index contributed by atoms with van der Waals surface area (Å²) in [5.41, 5.74) is 2.88. The Kier molecular flexibility index (Phi) is 3.88. The van der Waals surface area contributed by atoms with Gasteiger partial charge >= 0.3 is 0 Å². The van der Waals surface area contributed by atoms with Crippen LogP contribution in [0.4, 0.5) is 11.6 Å². The second-order valence-corrected chi connectivity index (χ2v) is 6.78. The van der Waals surface area contributed by atoms with Gasteiger partial charge in [-0.2, -0.15) is 0 Å². The number of nitrogens with zero attached hydrogens (tertiary/aromatic N) is 8. The van der Waals surface area contributed by atoms with E-state index in [1.54, 1.807) is 37.2 Å². The van der Waals surface area contributed by atoms with Crippen molar-refractivity contribution in [3.63, 3.8) is 0 Å². The Bertz CT molecular complexity index is 1430. The van der Waals surface area contributed by atoms with Crippen molar-refractivity contribution < 1.29 is 0 Å². The van der Waals surface area contributed by atoms with Gasteiger partial charge in [-0.3, -0.25) is 15.0 Å². The number of aliphatic imine (C=N–C) groups is 1. The number of hydrogen-bond acceptors (Lipinski definition) is 9. The van der Waals surface area contributed by atoms with Crippen molar-refractivity contribution in [2.75, 3.05) is 5.32 Å². The van der Waals surface area contributed by atoms with E-state index >= 15 is 0 Å². The van der Waals surface area contributed by atoms with E-state index in [-0.39, 0.29) is 0 Å². The Morgan fingerprint density at radius 1 is 0.613 bits per heavy atom. The largest absolute Gasteiger partial charge is 0.324 e. The number of rotatable bonds is 3. The van der Waals surface area contributed by atoms with Crippen LogP contribution >= 0.6 is 0 Å². The number of nitrogens with one attached hydrogen (secondary N) is 1. The highest BCUT2D eigenvalue weighted by molar-refractivity contribution is 6.16. The summed E-state index contributed by atoms with van der Waals surface area (Å²) in [6.45, 7) is 0. The lowest BCUT2D eigenvalue weighted by molar-refractivity contribution is 1.12. The van der Waals surface area contributed by atoms with Gasteiger partial charge in [0.05, 0.1) is 0 Å². The summed E-state index contributed by atoms with van der Waals surface area (Å²) in [6.07, 6.45) is 10.3. The molecule has 0 unspecified atom stereocenters. The number of anilines is 1. The molecule has 0 saturated carbocycles. The minimum Gasteiger partial charge on any atom is -0.324 e. The summed E-state index contributed by atoms with van der Waals surface area (Å²) in [4.78, 5) is 36.1. The molecule has 0 aliphatic carbocycles. The van der Waals surface area contributed by atoms with Gasteiger partial charge in [-0.1, -0.05) is 0 Å². The van der Waals surface area contributed by atoms with Crippen LogP contribution in [-0.2, 0) is 0 Å². The van der Waals surface area contributed by atoms with Crippen molar-refractivity contribution in [3.8, 4) is 22.8 Å². The van der Waals surface area contributed by atoms with Crippen LogP contribution in [0.1, 0.15) is 5.56 Å². The molecule has 0 atom stereocenters. The molecule has 0 aromatic carbocycles. The highest BCUT2D eigenvalue weighted by Gasteiger charge is 2.23. The molecular formula is C22H13N9. The highest BCUT2D eigenvalue weighted by atomic mass is 15.2. The molecule has 5 aromatic rings. The maximum Gasteiger partial charge on any atom is 0.171 e. The number of hydrogen-bond donors (Lipinski definition) is 1. The molecule has 0 amide bonds. The second kappa shape index (κ2) is 6.99. The Labute approximate surface area is 176 Å². The standard InChI is InChI=1S/C22H13N9/c1-4-13(10-23-7-1)17-26-20-16-21(27-17)29-19(15-6-3-9-25-12-15)31-22(16)30-18(28-20)14-5-2-8-24-11-14/h1-12H,(H,26,27,28,29,30,31). The van der Waals surface area contributed by atoms with Crippen LogP contribution < -0.4 is 5.32 Å². The lowest BCUT2D eigenvalue weighted by atomic mass is 10.2. The van der Waals surface area contributed by atoms with Crippen molar-refractivity contribution >= 4 is 28.5 Å². The van der Waals surface area contributed by atoms with Crippen LogP contribution in [0.25, 0.3) is 33.8 Å². The first kappa shape index (κ1) is 17.2. The van der Waals surface area contributed by atoms with E-state index in [0.29, 0.717) is 40.2 Å². The maximum atomic E-state index is 4.72. The zero-order valence-electron chi connectivity index (χ0n) is 16.0. The van der Waals surface area contributed by atoms with Crippen LogP contribution in [-0.4, -0.2) is 40.7 Å². The molecule has 5 aromatic heterocycles. The molecule has 6 rings (SSSR count). The molecule has 9 heteroatoms. The van der Waals surface area contributed by atoms with Gasteiger partial charge in [-0.05, 0) is 36.4 Å². The molecule has 1 aliphatic heterocycles. The van der Waals surface area contributed by atoms with Crippen molar-refractivity contribution in [1.82, 2.24) is 34.9 Å². The first-order chi connectivity index (χ1) is 15.3. The highest BCUT2D eigenvalue weighted by Crippen LogP contribution is 2.35. The smallest absolute Gasteiger partial charge is 0.171 e. The molecule has 31 heavy (non-hydrogen) atoms. The summed E-state index contributed by atoms with van der Waals surface area (Å²) in [6, 6.07) is 11.3. The number of pyridine rings is 3. The quantitative estimate of drug-likeness (QED) is 0.487. The first-order valence-corrected chi connectivity index (χ1v) is 9.52. The Morgan fingerprint density at radius 2 is 1.19 bits per heavy atom. The number of amidine groups is 1. The molecule has 0 bridgehead atoms. The van der Waals surface area contributed by atoms with Gasteiger partial charge in [0.15, 0.2) is 23.1 Å². The zero-order chi connectivity index (χ0) is 20.6. The van der Waals surface area contributed by atoms with E-state index in [9.17, 15) is 0 Å². The molecule has 6 heterocycles. The average Bonchev–Trinajstić information content (AvgIpc) is 2.85. The van der Waals surface area contributed by atoms with Crippen LogP contribution in [0.3, 0.4) is 0 Å². The monoisotopic (exact) mass is 403 g/mol. The minimum atomic E-state index is 0.494. The van der Waals surface area contributed by atoms with E-state index in [2.05, 4.69) is 35.2 Å². The zero-order valence-corrected chi connectivity index (χ0v) is 16.0. The summed E-state index contributed by atoms with van der Waals surface area (Å²) >= 11 is 0. The van der Waals surface area contributed by atoms with Crippen molar-refractivity contribution in [1.29, 1.82) is 0 Å². The van der Waals surface area contributed by atoms with Crippen LogP contribution in [0, 0.1) is 0 Å². The van der Waals surface area contributed by atoms with Crippen LogP contribution in [0.15, 0.2) is 78.6 Å². The van der Waals surface area contributed by atoms with Crippen LogP contribution in [0.5, 0.6) is 0 Å². The SMILES string of the molecule is c1cncc(C2=Nc3nc(-c4cccnc4)nc4nc(-c5cccnc5)nc(c34)N2)c1. The normalized spacial score (nSPS) is 12.3. The van der Waals surface area contributed by atoms with Gasteiger partial charge in [0, 0.05) is 53.9 Å². The van der Waals surface area contributed by atoms with Crippen molar-refractivity contribution in [2.45, 2.75) is 0 Å². The van der Waals surface area contributed by atoms with Gasteiger partial charge in [-0.25, -0.2) is 24.9 Å². The molecule has 0 fully saturated rings. The van der Waals surface area contributed by atoms with Crippen LogP contribution in [0.2, 0.25) is 0 Å². The summed E-state index contributed by atoms with van der Waals surface area (Å²) in [5.74, 6) is 2.69. The van der Waals surface area contributed by atoms with E-state index in [0.717, 1.165) is 16.7 Å². The molecule has 1 aliphatic rings. The van der Waals surface area contributed by atoms with E-state index < -0.39 is 0 Å². The lowest BCUT2D eigenvalue weighted by Crippen LogP contribution is -2.19. The summed E-state index contributed by atoms with van der Waals surface area (Å²) < 4.78 is 0. The minimum absolute atomic E-state index is 0.494. The van der Waals surface area contributed by atoms with Gasteiger partial charge in [-0.15, -0.1) is 0 Å². The van der Waals surface area contributed by atoms with Crippen molar-refractivity contribution in [2.24, 2.45) is 4.99 Å². The summed E-state index contributed by atoms with van der Waals surface area (Å²) in [7, 11) is 0. The molecule has 1 N–H and O–H groups in total. The van der Waals surface area contributed by atoms with Gasteiger partial charge in [0.25, 0.3) is 0 Å². The molecule has 146 valence electrons. The molecular weight excluding hydrogens is 390 g/mol. The fraction of sp³-hybridized carbons (Fsp3) is 0. The average molecular weight is 403 g/mol. The van der Waals surface area contributed by atoms with Crippen molar-refractivity contribution in [3.05, 3.63) is 79.1 Å². The Hall–Kier alpha value is -4.66. The molecule has 0 spiro atoms. The van der Waals surface area contributed by atoms with Gasteiger partial charge in [0.1, 0.15) is 17.0 Å². The fourth-order valence-corrected chi connectivity index (χ4v) is 3.32. The second-order valence-electron chi connectivity index (χ2n) is 6.78. The summed E-state index contributed by atoms with van der Waals surface area (Å²) in [5, 5.41) is 3.95. The lowest BCUT2D eigenvalue weighted by Gasteiger charge is -2.18. The van der Waals surface area contributed by atoms with E-state index in [1.807, 2.05) is 36.4 Å². The van der Waals surface area contributed by atoms with E-state index in [4.69, 9.17) is 9.98 Å². The van der Waals surface area contributed by atoms with Gasteiger partial charge < -0.3 is 5.32 Å². The Morgan fingerprint density at radius 3 is 1.77 bits per heavy atom. The topological polar surface area (TPSA) is 115 Å². The third kappa shape index (κ3) is 3.04.